The van der Waals surface area contributed by atoms with Crippen LogP contribution in [0.25, 0.3) is 0 Å². The zero-order valence-corrected chi connectivity index (χ0v) is 40.8. The van der Waals surface area contributed by atoms with Gasteiger partial charge in [0.1, 0.15) is 0 Å². The molecule has 0 aliphatic rings. The van der Waals surface area contributed by atoms with Crippen molar-refractivity contribution in [2.75, 3.05) is 46.6 Å². The summed E-state index contributed by atoms with van der Waals surface area (Å²) in [6.07, 6.45) is 38.3. The molecule has 7 nitrogen and oxygen atoms in total. The second-order valence-electron chi connectivity index (χ2n) is 18.4. The highest BCUT2D eigenvalue weighted by Gasteiger charge is 2.16. The minimum Gasteiger partial charge on any atom is -0.466 e. The van der Waals surface area contributed by atoms with Crippen molar-refractivity contribution in [3.63, 3.8) is 0 Å². The van der Waals surface area contributed by atoms with Crippen LogP contribution in [0.4, 0.5) is 0 Å². The molecular weight excluding hydrogens is 735 g/mol. The van der Waals surface area contributed by atoms with Crippen molar-refractivity contribution in [1.82, 2.24) is 4.90 Å². The van der Waals surface area contributed by atoms with Gasteiger partial charge < -0.3 is 23.8 Å². The first-order valence-electron chi connectivity index (χ1n) is 26.0. The van der Waals surface area contributed by atoms with E-state index >= 15 is 0 Å². The van der Waals surface area contributed by atoms with Gasteiger partial charge in [0.25, 0.3) is 0 Å². The number of esters is 2. The van der Waals surface area contributed by atoms with Crippen molar-refractivity contribution in [2.45, 2.75) is 266 Å². The molecule has 0 saturated heterocycles. The monoisotopic (exact) mass is 838 g/mol. The maximum Gasteiger partial charge on any atom is 0.306 e. The molecule has 1 atom stereocenters. The van der Waals surface area contributed by atoms with E-state index in [0.29, 0.717) is 50.5 Å². The van der Waals surface area contributed by atoms with E-state index < -0.39 is 0 Å². The van der Waals surface area contributed by atoms with Gasteiger partial charge in [-0.3, -0.25) is 9.59 Å². The summed E-state index contributed by atoms with van der Waals surface area (Å²) in [6.45, 7) is 18.0. The number of ether oxygens (including phenoxy) is 4. The molecule has 0 aliphatic heterocycles. The fraction of sp³-hybridized carbons (Fsp3) is 0.962. The lowest BCUT2D eigenvalue weighted by Crippen LogP contribution is -2.32. The van der Waals surface area contributed by atoms with Crippen LogP contribution >= 0.6 is 0 Å². The molecule has 0 aromatic carbocycles. The highest BCUT2D eigenvalue weighted by Crippen LogP contribution is 2.23. The maximum absolute atomic E-state index is 12.5. The van der Waals surface area contributed by atoms with Gasteiger partial charge in [0.05, 0.1) is 25.9 Å². The molecule has 59 heavy (non-hydrogen) atoms. The van der Waals surface area contributed by atoms with Crippen LogP contribution in [-0.4, -0.2) is 75.6 Å². The van der Waals surface area contributed by atoms with Gasteiger partial charge in [-0.25, -0.2) is 0 Å². The zero-order chi connectivity index (χ0) is 43.4. The normalized spacial score (nSPS) is 12.4. The van der Waals surface area contributed by atoms with Crippen LogP contribution < -0.4 is 0 Å². The van der Waals surface area contributed by atoms with Gasteiger partial charge in [0, 0.05) is 38.6 Å². The molecule has 0 fully saturated rings. The highest BCUT2D eigenvalue weighted by atomic mass is 16.5. The second kappa shape index (κ2) is 44.9. The lowest BCUT2D eigenvalue weighted by molar-refractivity contribution is -0.146. The van der Waals surface area contributed by atoms with E-state index in [9.17, 15) is 9.59 Å². The second-order valence-corrected chi connectivity index (χ2v) is 18.4. The van der Waals surface area contributed by atoms with Crippen molar-refractivity contribution in [2.24, 2.45) is 11.8 Å². The molecule has 0 aromatic heterocycles. The number of carbonyl (C=O) groups is 2. The Labute approximate surface area is 368 Å². The molecule has 1 unspecified atom stereocenters. The molecule has 0 rings (SSSR count). The highest BCUT2D eigenvalue weighted by molar-refractivity contribution is 5.70. The lowest BCUT2D eigenvalue weighted by Gasteiger charge is -2.24. The molecule has 0 saturated carbocycles. The van der Waals surface area contributed by atoms with Crippen molar-refractivity contribution in [3.05, 3.63) is 0 Å². The van der Waals surface area contributed by atoms with Gasteiger partial charge in [-0.05, 0) is 90.5 Å². The van der Waals surface area contributed by atoms with E-state index in [1.54, 1.807) is 0 Å². The zero-order valence-electron chi connectivity index (χ0n) is 40.8. The minimum absolute atomic E-state index is 0.0202. The molecule has 352 valence electrons. The molecular formula is C52H103NO6. The fourth-order valence-corrected chi connectivity index (χ4v) is 7.95. The molecule has 0 spiro atoms. The first kappa shape index (κ1) is 57.8. The molecule has 0 amide bonds. The van der Waals surface area contributed by atoms with E-state index in [1.807, 2.05) is 0 Å². The summed E-state index contributed by atoms with van der Waals surface area (Å²) in [6, 6.07) is 0.532. The van der Waals surface area contributed by atoms with Gasteiger partial charge in [0.15, 0.2) is 0 Å². The van der Waals surface area contributed by atoms with Crippen molar-refractivity contribution < 1.29 is 28.5 Å². The summed E-state index contributed by atoms with van der Waals surface area (Å²) in [7, 11) is 2.19. The molecule has 7 heteroatoms. The van der Waals surface area contributed by atoms with E-state index in [-0.39, 0.29) is 18.0 Å². The number of hydrogen-bond donors (Lipinski definition) is 0. The summed E-state index contributed by atoms with van der Waals surface area (Å²) in [5.41, 5.74) is 0. The molecule has 0 radical (unpaired) electrons. The summed E-state index contributed by atoms with van der Waals surface area (Å²) in [4.78, 5) is 27.3. The third-order valence-electron chi connectivity index (χ3n) is 12.4. The van der Waals surface area contributed by atoms with Gasteiger partial charge in [-0.2, -0.15) is 0 Å². The quantitative estimate of drug-likeness (QED) is 0.0446. The Hall–Kier alpha value is -1.18. The smallest absolute Gasteiger partial charge is 0.306 e. The Bertz CT molecular complexity index is 863. The van der Waals surface area contributed by atoms with Crippen molar-refractivity contribution >= 4 is 11.9 Å². The number of rotatable bonds is 47. The van der Waals surface area contributed by atoms with E-state index in [2.05, 4.69) is 53.5 Å². The summed E-state index contributed by atoms with van der Waals surface area (Å²) < 4.78 is 23.8. The Morgan fingerprint density at radius 2 is 0.797 bits per heavy atom. The lowest BCUT2D eigenvalue weighted by atomic mass is 9.92. The molecule has 0 bridgehead atoms. The first-order valence-corrected chi connectivity index (χ1v) is 26.0. The summed E-state index contributed by atoms with van der Waals surface area (Å²) in [5, 5.41) is 0. The van der Waals surface area contributed by atoms with Crippen LogP contribution in [-0.2, 0) is 28.5 Å². The minimum atomic E-state index is 0.0202. The van der Waals surface area contributed by atoms with E-state index in [0.717, 1.165) is 64.7 Å². The van der Waals surface area contributed by atoms with Crippen LogP contribution in [0.2, 0.25) is 0 Å². The van der Waals surface area contributed by atoms with Crippen LogP contribution in [0.15, 0.2) is 0 Å². The summed E-state index contributed by atoms with van der Waals surface area (Å²) in [5.74, 6) is 1.05. The average Bonchev–Trinajstić information content (AvgIpc) is 3.21. The van der Waals surface area contributed by atoms with Gasteiger partial charge in [-0.15, -0.1) is 0 Å². The maximum atomic E-state index is 12.5. The van der Waals surface area contributed by atoms with Crippen LogP contribution in [0.5, 0.6) is 0 Å². The SMILES string of the molecule is CCCCCC(CCCCC)CC(=O)OCCCCCCCCCOCC(CCN(C)C(C)C)OCCCCCCCCCOC(=O)CC(CCCCC)CCCCC. The van der Waals surface area contributed by atoms with Gasteiger partial charge in [-0.1, -0.05) is 169 Å². The van der Waals surface area contributed by atoms with Crippen LogP contribution in [0, 0.1) is 11.8 Å². The number of nitrogens with zero attached hydrogens (tertiary/aromatic N) is 1. The standard InChI is InChI=1S/C52H103NO6/c1-8-12-26-34-48(35-27-13-9-2)44-51(54)58-42-32-24-20-16-18-22-30-40-56-46-50(38-39-53(7)47(5)6)57-41-31-23-19-17-21-25-33-43-59-52(55)45-49(36-28-14-10-3)37-29-15-11-4/h47-50H,8-46H2,1-7H3. The molecule has 0 N–H and O–H groups in total. The molecule has 0 aromatic rings. The summed E-state index contributed by atoms with van der Waals surface area (Å²) >= 11 is 0. The van der Waals surface area contributed by atoms with Gasteiger partial charge >= 0.3 is 11.9 Å². The molecule has 0 aliphatic carbocycles. The topological polar surface area (TPSA) is 74.3 Å². The number of hydrogen-bond acceptors (Lipinski definition) is 7. The van der Waals surface area contributed by atoms with E-state index in [1.165, 1.54) is 154 Å². The Balaban J connectivity index is 4.04. The van der Waals surface area contributed by atoms with E-state index in [4.69, 9.17) is 18.9 Å². The first-order chi connectivity index (χ1) is 28.8. The Kier molecular flexibility index (Phi) is 44.0. The fourth-order valence-electron chi connectivity index (χ4n) is 7.95. The predicted molar refractivity (Wildman–Crippen MR) is 252 cm³/mol. The number of carbonyl (C=O) groups excluding carboxylic acids is 2. The van der Waals surface area contributed by atoms with Gasteiger partial charge in [0.2, 0.25) is 0 Å². The van der Waals surface area contributed by atoms with Crippen molar-refractivity contribution in [3.8, 4) is 0 Å². The third kappa shape index (κ3) is 40.6. The largest absolute Gasteiger partial charge is 0.466 e. The predicted octanol–water partition coefficient (Wildman–Crippen LogP) is 15.0. The Morgan fingerprint density at radius 1 is 0.441 bits per heavy atom. The average molecular weight is 838 g/mol. The van der Waals surface area contributed by atoms with Crippen LogP contribution in [0.3, 0.4) is 0 Å². The number of unbranched alkanes of at least 4 members (excludes halogenated alkanes) is 20. The molecule has 0 heterocycles. The Morgan fingerprint density at radius 3 is 1.17 bits per heavy atom. The third-order valence-corrected chi connectivity index (χ3v) is 12.4. The van der Waals surface area contributed by atoms with Crippen LogP contribution in [0.1, 0.15) is 253 Å². The van der Waals surface area contributed by atoms with Crippen molar-refractivity contribution in [1.29, 1.82) is 0 Å².